The van der Waals surface area contributed by atoms with Gasteiger partial charge in [-0.3, -0.25) is 4.79 Å². The summed E-state index contributed by atoms with van der Waals surface area (Å²) in [6.07, 6.45) is -0.0860. The topological polar surface area (TPSA) is 66.5 Å². The lowest BCUT2D eigenvalue weighted by Gasteiger charge is -2.25. The molecule has 0 heterocycles. The molecule has 0 fully saturated rings. The average Bonchev–Trinajstić information content (AvgIpc) is 2.63. The van der Waals surface area contributed by atoms with E-state index >= 15 is 0 Å². The van der Waals surface area contributed by atoms with E-state index in [9.17, 15) is 22.0 Å². The number of carbonyl (C=O) groups is 1. The third kappa shape index (κ3) is 5.47. The van der Waals surface area contributed by atoms with Crippen LogP contribution in [0.25, 0.3) is 0 Å². The molecule has 27 heavy (non-hydrogen) atoms. The van der Waals surface area contributed by atoms with Crippen LogP contribution in [-0.4, -0.2) is 32.8 Å². The van der Waals surface area contributed by atoms with Crippen molar-refractivity contribution in [2.45, 2.75) is 24.3 Å². The third-order valence-electron chi connectivity index (χ3n) is 4.16. The van der Waals surface area contributed by atoms with Crippen LogP contribution >= 0.6 is 11.6 Å². The molecular formula is C18H19ClF2N2O3S. The molecule has 1 unspecified atom stereocenters. The highest BCUT2D eigenvalue weighted by molar-refractivity contribution is 7.89. The van der Waals surface area contributed by atoms with Gasteiger partial charge >= 0.3 is 0 Å². The van der Waals surface area contributed by atoms with Crippen LogP contribution in [0, 0.1) is 11.6 Å². The quantitative estimate of drug-likeness (QED) is 0.751. The lowest BCUT2D eigenvalue weighted by atomic mass is 10.1. The Morgan fingerprint density at radius 3 is 2.37 bits per heavy atom. The molecule has 0 aliphatic rings. The van der Waals surface area contributed by atoms with Gasteiger partial charge in [-0.15, -0.1) is 0 Å². The Morgan fingerprint density at radius 1 is 1.15 bits per heavy atom. The molecule has 0 bridgehead atoms. The van der Waals surface area contributed by atoms with Crippen LogP contribution in [0.2, 0.25) is 5.02 Å². The van der Waals surface area contributed by atoms with Crippen molar-refractivity contribution >= 4 is 27.5 Å². The van der Waals surface area contributed by atoms with Gasteiger partial charge < -0.3 is 4.90 Å². The molecule has 146 valence electrons. The third-order valence-corrected chi connectivity index (χ3v) is 5.87. The van der Waals surface area contributed by atoms with E-state index in [1.165, 1.54) is 4.90 Å². The summed E-state index contributed by atoms with van der Waals surface area (Å²) in [5, 5.41) is 0.589. The molecule has 1 amide bonds. The standard InChI is InChI=1S/C18H19ClF2N2O3S/c1-12(13-3-5-14(19)6-4-13)23(2)18(24)9-10-22-27(25,26)15-7-8-16(20)17(21)11-15/h3-8,11-12,22H,9-10H2,1-2H3. The van der Waals surface area contributed by atoms with Crippen molar-refractivity contribution in [3.05, 3.63) is 64.7 Å². The fourth-order valence-corrected chi connectivity index (χ4v) is 3.55. The van der Waals surface area contributed by atoms with Gasteiger partial charge in [0.1, 0.15) is 0 Å². The Balaban J connectivity index is 1.94. The van der Waals surface area contributed by atoms with Crippen molar-refractivity contribution in [2.24, 2.45) is 0 Å². The second kappa shape index (κ2) is 8.77. The van der Waals surface area contributed by atoms with E-state index in [0.29, 0.717) is 11.1 Å². The van der Waals surface area contributed by atoms with Gasteiger partial charge in [0.15, 0.2) is 11.6 Å². The van der Waals surface area contributed by atoms with Crippen LogP contribution in [0.5, 0.6) is 0 Å². The summed E-state index contributed by atoms with van der Waals surface area (Å²) in [6, 6.07) is 9.12. The number of nitrogens with zero attached hydrogens (tertiary/aromatic N) is 1. The van der Waals surface area contributed by atoms with Gasteiger partial charge in [-0.2, -0.15) is 0 Å². The van der Waals surface area contributed by atoms with E-state index in [1.807, 2.05) is 19.1 Å². The molecule has 9 heteroatoms. The lowest BCUT2D eigenvalue weighted by molar-refractivity contribution is -0.131. The van der Waals surface area contributed by atoms with Crippen LogP contribution in [0.4, 0.5) is 8.78 Å². The van der Waals surface area contributed by atoms with Crippen molar-refractivity contribution in [3.63, 3.8) is 0 Å². The van der Waals surface area contributed by atoms with Crippen molar-refractivity contribution in [2.75, 3.05) is 13.6 Å². The molecule has 2 aromatic carbocycles. The number of benzene rings is 2. The molecule has 0 aliphatic carbocycles. The molecule has 0 aromatic heterocycles. The van der Waals surface area contributed by atoms with Gasteiger partial charge in [0, 0.05) is 25.0 Å². The molecule has 2 rings (SSSR count). The zero-order chi connectivity index (χ0) is 20.2. The highest BCUT2D eigenvalue weighted by Gasteiger charge is 2.20. The summed E-state index contributed by atoms with van der Waals surface area (Å²) in [5.41, 5.74) is 0.887. The maximum Gasteiger partial charge on any atom is 0.240 e. The number of rotatable bonds is 7. The molecule has 5 nitrogen and oxygen atoms in total. The molecule has 0 spiro atoms. The molecule has 2 aromatic rings. The largest absolute Gasteiger partial charge is 0.339 e. The highest BCUT2D eigenvalue weighted by atomic mass is 35.5. The first-order valence-electron chi connectivity index (χ1n) is 8.07. The van der Waals surface area contributed by atoms with Gasteiger partial charge in [-0.25, -0.2) is 21.9 Å². The smallest absolute Gasteiger partial charge is 0.240 e. The Bertz CT molecular complexity index is 921. The van der Waals surface area contributed by atoms with Gasteiger partial charge in [0.25, 0.3) is 0 Å². The van der Waals surface area contributed by atoms with Gasteiger partial charge in [-0.1, -0.05) is 23.7 Å². The molecule has 0 saturated heterocycles. The second-order valence-electron chi connectivity index (χ2n) is 5.96. The maximum atomic E-state index is 13.2. The zero-order valence-corrected chi connectivity index (χ0v) is 16.3. The minimum Gasteiger partial charge on any atom is -0.339 e. The molecule has 1 N–H and O–H groups in total. The summed E-state index contributed by atoms with van der Waals surface area (Å²) in [5.74, 6) is -2.67. The van der Waals surface area contributed by atoms with Crippen LogP contribution < -0.4 is 4.72 Å². The minimum atomic E-state index is -4.04. The van der Waals surface area contributed by atoms with Crippen LogP contribution in [0.3, 0.4) is 0 Å². The van der Waals surface area contributed by atoms with Gasteiger partial charge in [0.2, 0.25) is 15.9 Å². The SMILES string of the molecule is CC(c1ccc(Cl)cc1)N(C)C(=O)CCNS(=O)(=O)c1ccc(F)c(F)c1. The molecular weight excluding hydrogens is 398 g/mol. The van der Waals surface area contributed by atoms with E-state index in [2.05, 4.69) is 4.72 Å². The number of halogens is 3. The van der Waals surface area contributed by atoms with E-state index in [-0.39, 0.29) is 24.9 Å². The first-order chi connectivity index (χ1) is 12.6. The Labute approximate surface area is 162 Å². The fourth-order valence-electron chi connectivity index (χ4n) is 2.38. The molecule has 0 saturated carbocycles. The minimum absolute atomic E-state index is 0.0860. The Hall–Kier alpha value is -2.03. The van der Waals surface area contributed by atoms with E-state index in [0.717, 1.165) is 17.7 Å². The first-order valence-corrected chi connectivity index (χ1v) is 9.94. The van der Waals surface area contributed by atoms with Crippen molar-refractivity contribution in [3.8, 4) is 0 Å². The summed E-state index contributed by atoms with van der Waals surface area (Å²) in [6.45, 7) is 1.67. The normalized spacial score (nSPS) is 12.6. The summed E-state index contributed by atoms with van der Waals surface area (Å²) in [4.78, 5) is 13.4. The van der Waals surface area contributed by atoms with Crippen molar-refractivity contribution in [1.29, 1.82) is 0 Å². The van der Waals surface area contributed by atoms with Crippen LogP contribution in [0.1, 0.15) is 24.9 Å². The number of nitrogens with one attached hydrogen (secondary N) is 1. The maximum absolute atomic E-state index is 13.2. The van der Waals surface area contributed by atoms with Crippen LogP contribution in [-0.2, 0) is 14.8 Å². The average molecular weight is 417 g/mol. The van der Waals surface area contributed by atoms with Gasteiger partial charge in [-0.05, 0) is 42.8 Å². The lowest BCUT2D eigenvalue weighted by Crippen LogP contribution is -2.33. The van der Waals surface area contributed by atoms with E-state index < -0.39 is 26.6 Å². The monoisotopic (exact) mass is 416 g/mol. The summed E-state index contributed by atoms with van der Waals surface area (Å²) in [7, 11) is -2.42. The molecule has 0 radical (unpaired) electrons. The van der Waals surface area contributed by atoms with E-state index in [1.54, 1.807) is 19.2 Å². The number of hydrogen-bond donors (Lipinski definition) is 1. The number of hydrogen-bond acceptors (Lipinski definition) is 3. The Kier molecular flexibility index (Phi) is 6.91. The van der Waals surface area contributed by atoms with E-state index in [4.69, 9.17) is 11.6 Å². The highest BCUT2D eigenvalue weighted by Crippen LogP contribution is 2.21. The number of carbonyl (C=O) groups excluding carboxylic acids is 1. The van der Waals surface area contributed by atoms with Crippen molar-refractivity contribution in [1.82, 2.24) is 9.62 Å². The van der Waals surface area contributed by atoms with Gasteiger partial charge in [0.05, 0.1) is 10.9 Å². The molecule has 0 aliphatic heterocycles. The Morgan fingerprint density at radius 2 is 1.78 bits per heavy atom. The number of amides is 1. The number of sulfonamides is 1. The predicted molar refractivity (Wildman–Crippen MR) is 98.8 cm³/mol. The summed E-state index contributed by atoms with van der Waals surface area (Å²) < 4.78 is 52.5. The zero-order valence-electron chi connectivity index (χ0n) is 14.7. The fraction of sp³-hybridized carbons (Fsp3) is 0.278. The predicted octanol–water partition coefficient (Wildman–Crippen LogP) is 3.51. The first kappa shape index (κ1) is 21.3. The second-order valence-corrected chi connectivity index (χ2v) is 8.16. The van der Waals surface area contributed by atoms with Crippen molar-refractivity contribution < 1.29 is 22.0 Å². The summed E-state index contributed by atoms with van der Waals surface area (Å²) >= 11 is 5.85. The molecule has 1 atom stereocenters. The van der Waals surface area contributed by atoms with Crippen LogP contribution in [0.15, 0.2) is 47.4 Å².